The van der Waals surface area contributed by atoms with Crippen molar-refractivity contribution in [2.75, 3.05) is 27.7 Å². The lowest BCUT2D eigenvalue weighted by atomic mass is 10.2. The first-order chi connectivity index (χ1) is 13.7. The lowest BCUT2D eigenvalue weighted by Crippen LogP contribution is -2.34. The summed E-state index contributed by atoms with van der Waals surface area (Å²) in [7, 11) is 0.826. The maximum atomic E-state index is 12.1. The second-order valence-corrected chi connectivity index (χ2v) is 8.22. The SMILES string of the molecule is COc1cccc(/C=N\NC(=O)CNC(=O)c2ccc(S(=O)(=O)N(C)C)cc2)c1. The van der Waals surface area contributed by atoms with E-state index in [-0.39, 0.29) is 17.0 Å². The molecule has 0 heterocycles. The zero-order valence-electron chi connectivity index (χ0n) is 16.2. The van der Waals surface area contributed by atoms with Crippen LogP contribution in [0.15, 0.2) is 58.5 Å². The van der Waals surface area contributed by atoms with Gasteiger partial charge in [0.2, 0.25) is 10.0 Å². The quantitative estimate of drug-likeness (QED) is 0.486. The summed E-state index contributed by atoms with van der Waals surface area (Å²) >= 11 is 0. The van der Waals surface area contributed by atoms with E-state index in [0.29, 0.717) is 5.75 Å². The van der Waals surface area contributed by atoms with Crippen molar-refractivity contribution in [3.63, 3.8) is 0 Å². The Kier molecular flexibility index (Phi) is 7.46. The van der Waals surface area contributed by atoms with Crippen molar-refractivity contribution in [2.24, 2.45) is 5.10 Å². The van der Waals surface area contributed by atoms with Crippen LogP contribution in [0.5, 0.6) is 5.75 Å². The van der Waals surface area contributed by atoms with Gasteiger partial charge in [-0.15, -0.1) is 0 Å². The molecule has 0 spiro atoms. The first kappa shape index (κ1) is 22.1. The van der Waals surface area contributed by atoms with Gasteiger partial charge in [0.25, 0.3) is 11.8 Å². The van der Waals surface area contributed by atoms with Gasteiger partial charge < -0.3 is 10.1 Å². The molecule has 2 rings (SSSR count). The zero-order valence-corrected chi connectivity index (χ0v) is 17.1. The number of hydrogen-bond acceptors (Lipinski definition) is 6. The smallest absolute Gasteiger partial charge is 0.259 e. The van der Waals surface area contributed by atoms with Crippen LogP contribution in [0, 0.1) is 0 Å². The highest BCUT2D eigenvalue weighted by Gasteiger charge is 2.17. The summed E-state index contributed by atoms with van der Waals surface area (Å²) in [4.78, 5) is 24.0. The topological polar surface area (TPSA) is 117 Å². The van der Waals surface area contributed by atoms with Gasteiger partial charge in [-0.2, -0.15) is 5.10 Å². The Morgan fingerprint density at radius 2 is 1.83 bits per heavy atom. The van der Waals surface area contributed by atoms with E-state index in [1.807, 2.05) is 0 Å². The Labute approximate surface area is 169 Å². The van der Waals surface area contributed by atoms with E-state index < -0.39 is 21.8 Å². The van der Waals surface area contributed by atoms with Crippen molar-refractivity contribution in [1.82, 2.24) is 15.0 Å². The van der Waals surface area contributed by atoms with Crippen LogP contribution in [0.2, 0.25) is 0 Å². The van der Waals surface area contributed by atoms with Crippen LogP contribution < -0.4 is 15.5 Å². The van der Waals surface area contributed by atoms with Crippen molar-refractivity contribution in [3.8, 4) is 5.75 Å². The number of ether oxygens (including phenoxy) is 1. The third-order valence-corrected chi connectivity index (χ3v) is 5.63. The molecule has 0 fully saturated rings. The number of sulfonamides is 1. The lowest BCUT2D eigenvalue weighted by molar-refractivity contribution is -0.120. The van der Waals surface area contributed by atoms with Gasteiger partial charge in [-0.05, 0) is 42.0 Å². The molecule has 0 aliphatic rings. The van der Waals surface area contributed by atoms with Crippen molar-refractivity contribution in [1.29, 1.82) is 0 Å². The highest BCUT2D eigenvalue weighted by molar-refractivity contribution is 7.89. The molecule has 2 aromatic carbocycles. The minimum Gasteiger partial charge on any atom is -0.497 e. The van der Waals surface area contributed by atoms with Gasteiger partial charge in [0.15, 0.2) is 0 Å². The molecule has 2 amide bonds. The number of nitrogens with zero attached hydrogens (tertiary/aromatic N) is 2. The van der Waals surface area contributed by atoms with Gasteiger partial charge in [-0.3, -0.25) is 9.59 Å². The number of nitrogens with one attached hydrogen (secondary N) is 2. The van der Waals surface area contributed by atoms with Crippen LogP contribution >= 0.6 is 0 Å². The largest absolute Gasteiger partial charge is 0.497 e. The van der Waals surface area contributed by atoms with Gasteiger partial charge in [0.05, 0.1) is 24.8 Å². The Bertz CT molecular complexity index is 1000. The van der Waals surface area contributed by atoms with E-state index in [1.54, 1.807) is 31.4 Å². The van der Waals surface area contributed by atoms with E-state index in [0.717, 1.165) is 9.87 Å². The minimum atomic E-state index is -3.57. The summed E-state index contributed by atoms with van der Waals surface area (Å²) in [6, 6.07) is 12.5. The fourth-order valence-electron chi connectivity index (χ4n) is 2.19. The Balaban J connectivity index is 1.86. The van der Waals surface area contributed by atoms with Crippen LogP contribution in [0.25, 0.3) is 0 Å². The maximum absolute atomic E-state index is 12.1. The van der Waals surface area contributed by atoms with Crippen LogP contribution in [0.1, 0.15) is 15.9 Å². The normalized spacial score (nSPS) is 11.4. The van der Waals surface area contributed by atoms with Crippen LogP contribution in [-0.2, 0) is 14.8 Å². The first-order valence-electron chi connectivity index (χ1n) is 8.51. The van der Waals surface area contributed by atoms with Gasteiger partial charge in [0.1, 0.15) is 5.75 Å². The molecule has 0 saturated carbocycles. The average Bonchev–Trinajstić information content (AvgIpc) is 2.72. The summed E-state index contributed by atoms with van der Waals surface area (Å²) in [5, 5.41) is 6.26. The van der Waals surface area contributed by atoms with E-state index >= 15 is 0 Å². The molecular weight excluding hydrogens is 396 g/mol. The maximum Gasteiger partial charge on any atom is 0.259 e. The summed E-state index contributed by atoms with van der Waals surface area (Å²) in [5.74, 6) is -0.355. The van der Waals surface area contributed by atoms with Crippen LogP contribution in [0.4, 0.5) is 0 Å². The molecule has 29 heavy (non-hydrogen) atoms. The summed E-state index contributed by atoms with van der Waals surface area (Å²) < 4.78 is 30.2. The van der Waals surface area contributed by atoms with E-state index in [2.05, 4.69) is 15.8 Å². The molecule has 0 atom stereocenters. The number of hydrazone groups is 1. The van der Waals surface area contributed by atoms with E-state index in [1.165, 1.54) is 44.6 Å². The average molecular weight is 418 g/mol. The van der Waals surface area contributed by atoms with Crippen molar-refractivity contribution in [2.45, 2.75) is 4.90 Å². The predicted molar refractivity (Wildman–Crippen MR) is 108 cm³/mol. The van der Waals surface area contributed by atoms with E-state index in [4.69, 9.17) is 4.74 Å². The zero-order chi connectivity index (χ0) is 21.4. The Hall–Kier alpha value is -3.24. The van der Waals surface area contributed by atoms with Crippen LogP contribution in [0.3, 0.4) is 0 Å². The number of carbonyl (C=O) groups is 2. The lowest BCUT2D eigenvalue weighted by Gasteiger charge is -2.11. The number of carbonyl (C=O) groups excluding carboxylic acids is 2. The highest BCUT2D eigenvalue weighted by Crippen LogP contribution is 2.14. The van der Waals surface area contributed by atoms with Crippen LogP contribution in [-0.4, -0.2) is 58.5 Å². The molecule has 0 aliphatic heterocycles. The van der Waals surface area contributed by atoms with Crippen molar-refractivity contribution >= 4 is 28.1 Å². The molecular formula is C19H22N4O5S. The van der Waals surface area contributed by atoms with Gasteiger partial charge >= 0.3 is 0 Å². The number of methoxy groups -OCH3 is 1. The molecule has 2 aromatic rings. The molecule has 154 valence electrons. The Morgan fingerprint density at radius 3 is 2.45 bits per heavy atom. The van der Waals surface area contributed by atoms with E-state index in [9.17, 15) is 18.0 Å². The van der Waals surface area contributed by atoms with Crippen molar-refractivity contribution < 1.29 is 22.7 Å². The number of hydrogen-bond donors (Lipinski definition) is 2. The molecule has 9 nitrogen and oxygen atoms in total. The molecule has 2 N–H and O–H groups in total. The van der Waals surface area contributed by atoms with Gasteiger partial charge in [-0.25, -0.2) is 18.1 Å². The standard InChI is InChI=1S/C19H22N4O5S/c1-23(2)29(26,27)17-9-7-15(8-10-17)19(25)20-13-18(24)22-21-12-14-5-4-6-16(11-14)28-3/h4-12H,13H2,1-3H3,(H,20,25)(H,22,24)/b21-12-. The summed E-state index contributed by atoms with van der Waals surface area (Å²) in [6.07, 6.45) is 1.45. The minimum absolute atomic E-state index is 0.0728. The monoisotopic (exact) mass is 418 g/mol. The second-order valence-electron chi connectivity index (χ2n) is 6.06. The number of benzene rings is 2. The fraction of sp³-hybridized carbons (Fsp3) is 0.211. The van der Waals surface area contributed by atoms with Gasteiger partial charge in [-0.1, -0.05) is 12.1 Å². The van der Waals surface area contributed by atoms with Crippen molar-refractivity contribution in [3.05, 3.63) is 59.7 Å². The molecule has 0 saturated heterocycles. The number of rotatable bonds is 8. The number of amides is 2. The fourth-order valence-corrected chi connectivity index (χ4v) is 3.09. The molecule has 0 unspecified atom stereocenters. The molecule has 0 radical (unpaired) electrons. The Morgan fingerprint density at radius 1 is 1.14 bits per heavy atom. The predicted octanol–water partition coefficient (Wildman–Crippen LogP) is 0.826. The second kappa shape index (κ2) is 9.80. The molecule has 0 aliphatic carbocycles. The molecule has 0 aromatic heterocycles. The third kappa shape index (κ3) is 6.13. The third-order valence-electron chi connectivity index (χ3n) is 3.80. The first-order valence-corrected chi connectivity index (χ1v) is 9.95. The highest BCUT2D eigenvalue weighted by atomic mass is 32.2. The summed E-state index contributed by atoms with van der Waals surface area (Å²) in [5.41, 5.74) is 3.28. The van der Waals surface area contributed by atoms with Gasteiger partial charge in [0, 0.05) is 19.7 Å². The summed E-state index contributed by atoms with van der Waals surface area (Å²) in [6.45, 7) is -0.286. The molecule has 10 heteroatoms. The molecule has 0 bridgehead atoms.